The molecule has 0 aromatic heterocycles. The maximum absolute atomic E-state index is 13.1. The van der Waals surface area contributed by atoms with Gasteiger partial charge in [0, 0.05) is 25.7 Å². The summed E-state index contributed by atoms with van der Waals surface area (Å²) in [5, 5.41) is 10.6. The summed E-state index contributed by atoms with van der Waals surface area (Å²) < 4.78 is 68.5. The van der Waals surface area contributed by atoms with Crippen molar-refractivity contribution in [3.05, 3.63) is 85.1 Å². The van der Waals surface area contributed by atoms with Gasteiger partial charge in [0.05, 0.1) is 26.4 Å². The van der Waals surface area contributed by atoms with E-state index in [9.17, 15) is 43.2 Å². The lowest BCUT2D eigenvalue weighted by Gasteiger charge is -2.21. The zero-order chi connectivity index (χ0) is 73.2. The molecule has 100 heavy (non-hydrogen) atoms. The molecule has 3 N–H and O–H groups in total. The normalized spacial score (nSPS) is 14.3. The van der Waals surface area contributed by atoms with Gasteiger partial charge in [0.1, 0.15) is 19.3 Å². The number of hydrogen-bond acceptors (Lipinski definition) is 15. The molecule has 0 saturated heterocycles. The summed E-state index contributed by atoms with van der Waals surface area (Å²) in [6, 6.07) is 0. The molecule has 0 aliphatic carbocycles. The maximum atomic E-state index is 13.1. The van der Waals surface area contributed by atoms with Gasteiger partial charge in [0.25, 0.3) is 0 Å². The molecule has 0 heterocycles. The first-order chi connectivity index (χ1) is 48.7. The molecule has 0 aliphatic rings. The summed E-state index contributed by atoms with van der Waals surface area (Å²) in [4.78, 5) is 72.9. The summed E-state index contributed by atoms with van der Waals surface area (Å²) in [7, 11) is -9.95. The van der Waals surface area contributed by atoms with Crippen molar-refractivity contribution < 1.29 is 80.2 Å². The number of carbonyl (C=O) groups excluding carboxylic acids is 4. The lowest BCUT2D eigenvalue weighted by atomic mass is 10.0. The Hall–Kier alpha value is -3.76. The van der Waals surface area contributed by atoms with Crippen LogP contribution < -0.4 is 0 Å². The molecule has 580 valence electrons. The zero-order valence-corrected chi connectivity index (χ0v) is 65.2. The summed E-state index contributed by atoms with van der Waals surface area (Å²) in [5.74, 6) is -2.21. The lowest BCUT2D eigenvalue weighted by molar-refractivity contribution is -0.161. The zero-order valence-electron chi connectivity index (χ0n) is 63.4. The first-order valence-electron chi connectivity index (χ1n) is 39.8. The molecule has 0 aromatic carbocycles. The van der Waals surface area contributed by atoms with E-state index >= 15 is 0 Å². The number of rotatable bonds is 75. The van der Waals surface area contributed by atoms with Gasteiger partial charge in [-0.1, -0.05) is 305 Å². The highest BCUT2D eigenvalue weighted by atomic mass is 31.2. The van der Waals surface area contributed by atoms with E-state index in [1.54, 1.807) is 0 Å². The number of aliphatic hydroxyl groups excluding tert-OH is 1. The third-order valence-electron chi connectivity index (χ3n) is 16.9. The molecule has 0 saturated carbocycles. The fourth-order valence-corrected chi connectivity index (χ4v) is 12.4. The molecule has 0 bridgehead atoms. The molecule has 17 nitrogen and oxygen atoms in total. The highest BCUT2D eigenvalue weighted by Crippen LogP contribution is 2.45. The van der Waals surface area contributed by atoms with Crippen LogP contribution in [-0.4, -0.2) is 96.7 Å². The van der Waals surface area contributed by atoms with Crippen LogP contribution in [0.4, 0.5) is 0 Å². The number of unbranched alkanes of at least 4 members (excludes halogenated alkanes) is 35. The first kappa shape index (κ1) is 96.2. The summed E-state index contributed by atoms with van der Waals surface area (Å²) in [6.07, 6.45) is 75.7. The Bertz CT molecular complexity index is 2230. The predicted octanol–water partition coefficient (Wildman–Crippen LogP) is 23.0. The van der Waals surface area contributed by atoms with Crippen LogP contribution in [0.1, 0.15) is 349 Å². The third-order valence-corrected chi connectivity index (χ3v) is 18.8. The van der Waals surface area contributed by atoms with Crippen LogP contribution in [0.25, 0.3) is 0 Å². The van der Waals surface area contributed by atoms with Gasteiger partial charge in [-0.25, -0.2) is 9.13 Å². The van der Waals surface area contributed by atoms with Crippen molar-refractivity contribution in [2.45, 2.75) is 367 Å². The van der Waals surface area contributed by atoms with Crippen LogP contribution in [0, 0.1) is 0 Å². The average molecular weight is 1450 g/mol. The second-order valence-corrected chi connectivity index (χ2v) is 29.5. The molecule has 19 heteroatoms. The van der Waals surface area contributed by atoms with Crippen molar-refractivity contribution in [1.29, 1.82) is 0 Å². The molecule has 0 fully saturated rings. The number of aliphatic hydroxyl groups is 1. The number of hydrogen-bond donors (Lipinski definition) is 3. The van der Waals surface area contributed by atoms with Gasteiger partial charge in [0.15, 0.2) is 12.2 Å². The second-order valence-electron chi connectivity index (χ2n) is 26.6. The average Bonchev–Trinajstić information content (AvgIpc) is 0.945. The lowest BCUT2D eigenvalue weighted by Crippen LogP contribution is -2.30. The van der Waals surface area contributed by atoms with E-state index in [0.29, 0.717) is 25.7 Å². The van der Waals surface area contributed by atoms with E-state index in [4.69, 9.17) is 37.0 Å². The monoisotopic (exact) mass is 1450 g/mol. The van der Waals surface area contributed by atoms with Gasteiger partial charge in [-0.05, 0) is 103 Å². The van der Waals surface area contributed by atoms with Gasteiger partial charge >= 0.3 is 39.5 Å². The molecule has 0 rings (SSSR count). The molecule has 0 amide bonds. The van der Waals surface area contributed by atoms with Crippen molar-refractivity contribution in [2.24, 2.45) is 0 Å². The minimum absolute atomic E-state index is 0.0894. The van der Waals surface area contributed by atoms with Gasteiger partial charge in [-0.15, -0.1) is 0 Å². The van der Waals surface area contributed by atoms with Crippen molar-refractivity contribution in [1.82, 2.24) is 0 Å². The van der Waals surface area contributed by atoms with E-state index in [-0.39, 0.29) is 25.7 Å². The van der Waals surface area contributed by atoms with Crippen LogP contribution in [0.2, 0.25) is 0 Å². The van der Waals surface area contributed by atoms with Gasteiger partial charge < -0.3 is 33.8 Å². The quantitative estimate of drug-likeness (QED) is 0.0169. The Morgan fingerprint density at radius 3 is 0.840 bits per heavy atom. The SMILES string of the molecule is CC/C=C\C/C=C\C/C=C\C/C=C\CCCCC(=O)OCC(COP(=O)(O)OCC(O)COP(=O)(O)OCC(COC(=O)CCCCCCCC/C=C\C/C=C\C/C=C\CCCCC)OC(=O)CCCCCCCCCCCCCCCCC)OC(=O)CCCCCCCCCCCCC. The summed E-state index contributed by atoms with van der Waals surface area (Å²) >= 11 is 0. The Balaban J connectivity index is 5.33. The predicted molar refractivity (Wildman–Crippen MR) is 409 cm³/mol. The highest BCUT2D eigenvalue weighted by molar-refractivity contribution is 7.47. The van der Waals surface area contributed by atoms with E-state index in [0.717, 1.165) is 148 Å². The van der Waals surface area contributed by atoms with Crippen LogP contribution in [0.3, 0.4) is 0 Å². The Morgan fingerprint density at radius 1 is 0.290 bits per heavy atom. The molecular weight excluding hydrogens is 1310 g/mol. The number of esters is 4. The molecule has 0 aromatic rings. The molecule has 0 aliphatic heterocycles. The van der Waals surface area contributed by atoms with E-state index in [2.05, 4.69) is 113 Å². The van der Waals surface area contributed by atoms with Crippen LogP contribution in [0.15, 0.2) is 85.1 Å². The molecule has 5 unspecified atom stereocenters. The fraction of sp³-hybridized carbons (Fsp3) is 0.778. The van der Waals surface area contributed by atoms with Crippen molar-refractivity contribution in [2.75, 3.05) is 39.6 Å². The van der Waals surface area contributed by atoms with Crippen molar-refractivity contribution in [3.8, 4) is 0 Å². The fourth-order valence-electron chi connectivity index (χ4n) is 10.8. The van der Waals surface area contributed by atoms with E-state index < -0.39 is 97.5 Å². The molecule has 0 spiro atoms. The number of ether oxygens (including phenoxy) is 4. The topological polar surface area (TPSA) is 237 Å². The minimum Gasteiger partial charge on any atom is -0.462 e. The van der Waals surface area contributed by atoms with Crippen molar-refractivity contribution >= 4 is 39.5 Å². The van der Waals surface area contributed by atoms with Gasteiger partial charge in [-0.2, -0.15) is 0 Å². The standard InChI is InChI=1S/C81H144O17P2/c1-5-9-13-17-21-25-29-32-35-36-37-38-41-43-47-50-54-58-62-66-79(84)92-72-77(98-81(86)68-64-60-56-52-48-44-40-34-31-27-23-19-15-11-7-3)74-96-100(89,90)94-70-75(82)69-93-99(87,88)95-73-76(97-80(85)67-63-59-55-51-45-28-24-20-16-12-8-4)71-91-78(83)65-61-57-53-49-46-42-39-33-30-26-22-18-14-10-6-2/h10,14,21-22,25-26,32-33,35,37-39,46,49,75-77,82H,5-9,11-13,15-20,23-24,27-31,34,36,40-45,47-48,50-74H2,1-4H3,(H,87,88)(H,89,90)/b14-10-,25-21-,26-22-,35-32-,38-37-,39-33-,49-46-. The maximum Gasteiger partial charge on any atom is 0.472 e. The summed E-state index contributed by atoms with van der Waals surface area (Å²) in [5.41, 5.74) is 0. The van der Waals surface area contributed by atoms with Crippen LogP contribution in [-0.2, 0) is 65.4 Å². The molecule has 0 radical (unpaired) electrons. The largest absolute Gasteiger partial charge is 0.472 e. The number of carbonyl (C=O) groups is 4. The first-order valence-corrected chi connectivity index (χ1v) is 42.8. The van der Waals surface area contributed by atoms with E-state index in [1.165, 1.54) is 122 Å². The number of allylic oxidation sites excluding steroid dienone is 14. The van der Waals surface area contributed by atoms with Crippen LogP contribution in [0.5, 0.6) is 0 Å². The van der Waals surface area contributed by atoms with Crippen LogP contribution >= 0.6 is 15.6 Å². The second kappa shape index (κ2) is 73.5. The summed E-state index contributed by atoms with van der Waals surface area (Å²) in [6.45, 7) is 4.72. The van der Waals surface area contributed by atoms with E-state index in [1.807, 2.05) is 0 Å². The Morgan fingerprint density at radius 2 is 0.520 bits per heavy atom. The highest BCUT2D eigenvalue weighted by Gasteiger charge is 2.30. The number of phosphoric acid groups is 2. The van der Waals surface area contributed by atoms with Gasteiger partial charge in [0.2, 0.25) is 0 Å². The molecule has 5 atom stereocenters. The Kier molecular flexibility index (Phi) is 70.8. The third kappa shape index (κ3) is 72.6. The van der Waals surface area contributed by atoms with Crippen molar-refractivity contribution in [3.63, 3.8) is 0 Å². The number of phosphoric ester groups is 2. The smallest absolute Gasteiger partial charge is 0.462 e. The molecular formula is C81H144O17P2. The Labute approximate surface area is 608 Å². The minimum atomic E-state index is -4.98. The van der Waals surface area contributed by atoms with Gasteiger partial charge in [-0.3, -0.25) is 37.3 Å².